The van der Waals surface area contributed by atoms with E-state index in [9.17, 15) is 18.0 Å². The summed E-state index contributed by atoms with van der Waals surface area (Å²) in [7, 11) is -2.48. The van der Waals surface area contributed by atoms with E-state index in [0.717, 1.165) is 16.4 Å². The molecule has 0 spiro atoms. The van der Waals surface area contributed by atoms with Crippen molar-refractivity contribution in [3.8, 4) is 5.75 Å². The van der Waals surface area contributed by atoms with Gasteiger partial charge in [-0.05, 0) is 67.1 Å². The molecule has 0 aliphatic carbocycles. The Labute approximate surface area is 198 Å². The zero-order valence-electron chi connectivity index (χ0n) is 18.7. The highest BCUT2D eigenvalue weighted by molar-refractivity contribution is 7.92. The molecule has 0 saturated carbocycles. The lowest BCUT2D eigenvalue weighted by Gasteiger charge is -2.24. The van der Waals surface area contributed by atoms with Gasteiger partial charge in [0, 0.05) is 24.3 Å². The Kier molecular flexibility index (Phi) is 6.83. The Morgan fingerprint density at radius 3 is 2.26 bits per heavy atom. The van der Waals surface area contributed by atoms with Gasteiger partial charge in [0.05, 0.1) is 17.7 Å². The SMILES string of the molecule is COc1ccc(N(CC(=O)Nc2ccc(N3CCCC3=O)cc2)S(=O)(=O)c2ccccc2)cc1. The molecule has 0 atom stereocenters. The second-order valence-electron chi connectivity index (χ2n) is 7.77. The maximum Gasteiger partial charge on any atom is 0.264 e. The Balaban J connectivity index is 1.55. The fourth-order valence-electron chi connectivity index (χ4n) is 3.76. The van der Waals surface area contributed by atoms with Crippen LogP contribution in [-0.2, 0) is 19.6 Å². The number of carbonyl (C=O) groups excluding carboxylic acids is 2. The van der Waals surface area contributed by atoms with Gasteiger partial charge in [0.15, 0.2) is 0 Å². The highest BCUT2D eigenvalue weighted by Crippen LogP contribution is 2.26. The molecule has 34 heavy (non-hydrogen) atoms. The monoisotopic (exact) mass is 479 g/mol. The van der Waals surface area contributed by atoms with Crippen LogP contribution in [0.25, 0.3) is 0 Å². The first-order valence-electron chi connectivity index (χ1n) is 10.8. The third-order valence-electron chi connectivity index (χ3n) is 5.51. The van der Waals surface area contributed by atoms with Gasteiger partial charge in [-0.15, -0.1) is 0 Å². The molecule has 1 aliphatic heterocycles. The summed E-state index contributed by atoms with van der Waals surface area (Å²) in [6.07, 6.45) is 1.37. The van der Waals surface area contributed by atoms with Crippen LogP contribution < -0.4 is 19.3 Å². The molecule has 0 unspecified atom stereocenters. The number of hydrogen-bond donors (Lipinski definition) is 1. The lowest BCUT2D eigenvalue weighted by atomic mass is 10.2. The smallest absolute Gasteiger partial charge is 0.264 e. The lowest BCUT2D eigenvalue weighted by Crippen LogP contribution is -2.38. The molecule has 3 aromatic carbocycles. The zero-order chi connectivity index (χ0) is 24.1. The number of benzene rings is 3. The van der Waals surface area contributed by atoms with Gasteiger partial charge in [0.25, 0.3) is 10.0 Å². The van der Waals surface area contributed by atoms with Crippen LogP contribution in [0.1, 0.15) is 12.8 Å². The van der Waals surface area contributed by atoms with E-state index in [0.29, 0.717) is 30.1 Å². The predicted octanol–water partition coefficient (Wildman–Crippen LogP) is 3.66. The number of hydrogen-bond acceptors (Lipinski definition) is 5. The van der Waals surface area contributed by atoms with Crippen LogP contribution in [-0.4, -0.2) is 40.4 Å². The maximum absolute atomic E-state index is 13.4. The van der Waals surface area contributed by atoms with Gasteiger partial charge in [0.2, 0.25) is 11.8 Å². The second-order valence-corrected chi connectivity index (χ2v) is 9.63. The Hall–Kier alpha value is -3.85. The van der Waals surface area contributed by atoms with Crippen molar-refractivity contribution in [3.05, 3.63) is 78.9 Å². The number of methoxy groups -OCH3 is 1. The number of nitrogens with zero attached hydrogens (tertiary/aromatic N) is 2. The van der Waals surface area contributed by atoms with Crippen molar-refractivity contribution in [1.82, 2.24) is 0 Å². The highest BCUT2D eigenvalue weighted by Gasteiger charge is 2.27. The Morgan fingerprint density at radius 1 is 1.00 bits per heavy atom. The third-order valence-corrected chi connectivity index (χ3v) is 7.30. The Bertz CT molecular complexity index is 1260. The molecule has 9 heteroatoms. The summed E-state index contributed by atoms with van der Waals surface area (Å²) in [6, 6.07) is 21.3. The minimum absolute atomic E-state index is 0.0815. The molecule has 3 aromatic rings. The van der Waals surface area contributed by atoms with Crippen LogP contribution in [0.15, 0.2) is 83.8 Å². The van der Waals surface area contributed by atoms with E-state index in [4.69, 9.17) is 4.74 Å². The van der Waals surface area contributed by atoms with E-state index < -0.39 is 22.5 Å². The maximum atomic E-state index is 13.4. The lowest BCUT2D eigenvalue weighted by molar-refractivity contribution is -0.117. The van der Waals surface area contributed by atoms with Gasteiger partial charge in [0.1, 0.15) is 12.3 Å². The predicted molar refractivity (Wildman–Crippen MR) is 131 cm³/mol. The van der Waals surface area contributed by atoms with E-state index >= 15 is 0 Å². The van der Waals surface area contributed by atoms with E-state index in [-0.39, 0.29) is 10.8 Å². The molecule has 1 heterocycles. The third kappa shape index (κ3) is 5.04. The van der Waals surface area contributed by atoms with Gasteiger partial charge in [-0.1, -0.05) is 18.2 Å². The molecule has 2 amide bonds. The minimum atomic E-state index is -4.00. The highest BCUT2D eigenvalue weighted by atomic mass is 32.2. The average Bonchev–Trinajstić information content (AvgIpc) is 3.29. The summed E-state index contributed by atoms with van der Waals surface area (Å²) >= 11 is 0. The van der Waals surface area contributed by atoms with Gasteiger partial charge in [-0.2, -0.15) is 0 Å². The van der Waals surface area contributed by atoms with Crippen LogP contribution in [0.2, 0.25) is 0 Å². The fraction of sp³-hybridized carbons (Fsp3) is 0.200. The number of nitrogens with one attached hydrogen (secondary N) is 1. The summed E-state index contributed by atoms with van der Waals surface area (Å²) < 4.78 is 33.0. The second kappa shape index (κ2) is 9.96. The summed E-state index contributed by atoms with van der Waals surface area (Å²) in [6.45, 7) is 0.259. The number of ether oxygens (including phenoxy) is 1. The van der Waals surface area contributed by atoms with Gasteiger partial charge in [-0.25, -0.2) is 8.42 Å². The molecule has 8 nitrogen and oxygen atoms in total. The normalized spacial score (nSPS) is 13.6. The number of anilines is 3. The van der Waals surface area contributed by atoms with Crippen molar-refractivity contribution < 1.29 is 22.7 Å². The van der Waals surface area contributed by atoms with Crippen LogP contribution in [0.4, 0.5) is 17.1 Å². The minimum Gasteiger partial charge on any atom is -0.497 e. The molecule has 0 radical (unpaired) electrons. The largest absolute Gasteiger partial charge is 0.497 e. The molecule has 1 fully saturated rings. The first kappa shape index (κ1) is 23.3. The number of sulfonamides is 1. The van der Waals surface area contributed by atoms with Gasteiger partial charge >= 0.3 is 0 Å². The van der Waals surface area contributed by atoms with Crippen molar-refractivity contribution in [2.24, 2.45) is 0 Å². The molecule has 1 saturated heterocycles. The molecular weight excluding hydrogens is 454 g/mol. The van der Waals surface area contributed by atoms with Gasteiger partial charge in [-0.3, -0.25) is 13.9 Å². The van der Waals surface area contributed by atoms with Crippen molar-refractivity contribution in [2.45, 2.75) is 17.7 Å². The average molecular weight is 480 g/mol. The van der Waals surface area contributed by atoms with Crippen LogP contribution in [0.3, 0.4) is 0 Å². The molecular formula is C25H25N3O5S. The molecule has 0 aromatic heterocycles. The van der Waals surface area contributed by atoms with Crippen molar-refractivity contribution >= 4 is 38.9 Å². The first-order valence-corrected chi connectivity index (χ1v) is 12.2. The number of rotatable bonds is 8. The Morgan fingerprint density at radius 2 is 1.68 bits per heavy atom. The van der Waals surface area contributed by atoms with E-state index in [1.165, 1.54) is 19.2 Å². The van der Waals surface area contributed by atoms with Crippen LogP contribution in [0.5, 0.6) is 5.75 Å². The van der Waals surface area contributed by atoms with Crippen molar-refractivity contribution in [1.29, 1.82) is 0 Å². The van der Waals surface area contributed by atoms with Crippen molar-refractivity contribution in [2.75, 3.05) is 34.7 Å². The molecule has 1 N–H and O–H groups in total. The summed E-state index contributed by atoms with van der Waals surface area (Å²) in [4.78, 5) is 26.6. The van der Waals surface area contributed by atoms with Crippen LogP contribution in [0, 0.1) is 0 Å². The first-order chi connectivity index (χ1) is 16.4. The fourth-order valence-corrected chi connectivity index (χ4v) is 5.20. The summed E-state index contributed by atoms with van der Waals surface area (Å²) in [5.74, 6) is 0.153. The molecule has 4 rings (SSSR count). The van der Waals surface area contributed by atoms with E-state index in [1.807, 2.05) is 0 Å². The number of carbonyl (C=O) groups is 2. The topological polar surface area (TPSA) is 96.0 Å². The number of amides is 2. The summed E-state index contributed by atoms with van der Waals surface area (Å²) in [5.41, 5.74) is 1.61. The van der Waals surface area contributed by atoms with Crippen molar-refractivity contribution in [3.63, 3.8) is 0 Å². The van der Waals surface area contributed by atoms with E-state index in [2.05, 4.69) is 5.32 Å². The van der Waals surface area contributed by atoms with Crippen LogP contribution >= 0.6 is 0 Å². The molecule has 176 valence electrons. The van der Waals surface area contributed by atoms with E-state index in [1.54, 1.807) is 71.6 Å². The zero-order valence-corrected chi connectivity index (χ0v) is 19.5. The van der Waals surface area contributed by atoms with Gasteiger partial charge < -0.3 is 15.0 Å². The summed E-state index contributed by atoms with van der Waals surface area (Å²) in [5, 5.41) is 2.74. The molecule has 0 bridgehead atoms. The quantitative estimate of drug-likeness (QED) is 0.532. The standard InChI is InChI=1S/C25H25N3O5S/c1-33-22-15-13-21(14-16-22)28(34(31,32)23-6-3-2-4-7-23)18-24(29)26-19-9-11-20(12-10-19)27-17-5-8-25(27)30/h2-4,6-7,9-16H,5,8,17-18H2,1H3,(H,26,29). The molecule has 1 aliphatic rings.